The van der Waals surface area contributed by atoms with Crippen LogP contribution in [-0.2, 0) is 13.0 Å². The van der Waals surface area contributed by atoms with Gasteiger partial charge in [-0.3, -0.25) is 9.78 Å². The number of amides is 1. The summed E-state index contributed by atoms with van der Waals surface area (Å²) in [6.45, 7) is 4.38. The molecule has 3 N–H and O–H groups in total. The van der Waals surface area contributed by atoms with Gasteiger partial charge >= 0.3 is 0 Å². The number of anilines is 2. The fourth-order valence-corrected chi connectivity index (χ4v) is 4.51. The number of carbonyl (C=O) groups excluding carboxylic acids is 1. The maximum absolute atomic E-state index is 13.3. The molecule has 0 fully saturated rings. The Hall–Kier alpha value is -4.64. The van der Waals surface area contributed by atoms with Crippen LogP contribution in [0.15, 0.2) is 97.1 Å². The van der Waals surface area contributed by atoms with Gasteiger partial charge in [0.2, 0.25) is 0 Å². The standard InChI is InChI=1S/C32H29N3O2/c1-3-22-13-16-26(17-14-22)37-20-24-11-7-8-12-27(24)32(36)35-25-15-18-29-28(19-25)31(33)30(21(2)34-29)23-9-5-4-6-10-23/h4-19H,3,20H2,1-2H3,(H2,33,34)(H,35,36). The number of aromatic nitrogens is 1. The Morgan fingerprint density at radius 1 is 0.919 bits per heavy atom. The van der Waals surface area contributed by atoms with Crippen LogP contribution in [0.1, 0.15) is 34.1 Å². The molecule has 0 saturated carbocycles. The summed E-state index contributed by atoms with van der Waals surface area (Å²) in [6.07, 6.45) is 0.979. The molecule has 37 heavy (non-hydrogen) atoms. The van der Waals surface area contributed by atoms with Gasteiger partial charge < -0.3 is 15.8 Å². The molecular weight excluding hydrogens is 458 g/mol. The van der Waals surface area contributed by atoms with Crippen molar-refractivity contribution < 1.29 is 9.53 Å². The van der Waals surface area contributed by atoms with E-state index in [0.717, 1.165) is 45.5 Å². The number of rotatable bonds is 7. The summed E-state index contributed by atoms with van der Waals surface area (Å²) in [4.78, 5) is 18.0. The molecule has 0 saturated heterocycles. The minimum Gasteiger partial charge on any atom is -0.489 e. The summed E-state index contributed by atoms with van der Waals surface area (Å²) in [5.41, 5.74) is 14.1. The Balaban J connectivity index is 1.39. The highest BCUT2D eigenvalue weighted by molar-refractivity contribution is 6.07. The Kier molecular flexibility index (Phi) is 6.86. The van der Waals surface area contributed by atoms with Crippen LogP contribution in [0.2, 0.25) is 0 Å². The molecule has 5 nitrogen and oxygen atoms in total. The zero-order valence-corrected chi connectivity index (χ0v) is 21.0. The lowest BCUT2D eigenvalue weighted by atomic mass is 9.99. The third-order valence-electron chi connectivity index (χ3n) is 6.51. The van der Waals surface area contributed by atoms with Crippen molar-refractivity contribution in [2.45, 2.75) is 26.9 Å². The van der Waals surface area contributed by atoms with Crippen molar-refractivity contribution in [2.75, 3.05) is 11.1 Å². The highest BCUT2D eigenvalue weighted by Crippen LogP contribution is 2.35. The van der Waals surface area contributed by atoms with E-state index in [0.29, 0.717) is 23.5 Å². The fraction of sp³-hybridized carbons (Fsp3) is 0.125. The number of nitrogens with two attached hydrogens (primary N) is 1. The lowest BCUT2D eigenvalue weighted by Gasteiger charge is -2.15. The highest BCUT2D eigenvalue weighted by atomic mass is 16.5. The van der Waals surface area contributed by atoms with Gasteiger partial charge in [-0.1, -0.05) is 67.6 Å². The predicted molar refractivity (Wildman–Crippen MR) is 151 cm³/mol. The van der Waals surface area contributed by atoms with Crippen molar-refractivity contribution in [1.82, 2.24) is 4.98 Å². The van der Waals surface area contributed by atoms with Crippen LogP contribution < -0.4 is 15.8 Å². The van der Waals surface area contributed by atoms with Gasteiger partial charge in [-0.15, -0.1) is 0 Å². The average molecular weight is 488 g/mol. The number of hydrogen-bond donors (Lipinski definition) is 2. The van der Waals surface area contributed by atoms with Gasteiger partial charge in [0.25, 0.3) is 5.91 Å². The monoisotopic (exact) mass is 487 g/mol. The molecule has 4 aromatic carbocycles. The minimum atomic E-state index is -0.207. The summed E-state index contributed by atoms with van der Waals surface area (Å²) >= 11 is 0. The van der Waals surface area contributed by atoms with E-state index in [1.165, 1.54) is 5.56 Å². The van der Waals surface area contributed by atoms with Gasteiger partial charge in [0.15, 0.2) is 0 Å². The first-order chi connectivity index (χ1) is 18.0. The molecule has 0 aliphatic heterocycles. The van der Waals surface area contributed by atoms with Gasteiger partial charge in [0.1, 0.15) is 12.4 Å². The lowest BCUT2D eigenvalue weighted by Crippen LogP contribution is -2.15. The number of fused-ring (bicyclic) bond motifs is 1. The number of carbonyl (C=O) groups is 1. The van der Waals surface area contributed by atoms with E-state index in [2.05, 4.69) is 24.4 Å². The molecule has 1 heterocycles. The first kappa shape index (κ1) is 24.1. The summed E-state index contributed by atoms with van der Waals surface area (Å²) in [5, 5.41) is 3.83. The van der Waals surface area contributed by atoms with Crippen LogP contribution in [0.4, 0.5) is 11.4 Å². The Labute approximate surface area is 216 Å². The average Bonchev–Trinajstić information content (AvgIpc) is 2.93. The van der Waals surface area contributed by atoms with E-state index in [9.17, 15) is 4.79 Å². The summed E-state index contributed by atoms with van der Waals surface area (Å²) in [7, 11) is 0. The molecule has 184 valence electrons. The maximum Gasteiger partial charge on any atom is 0.256 e. The number of nitrogens with zero attached hydrogens (tertiary/aromatic N) is 1. The summed E-state index contributed by atoms with van der Waals surface area (Å²) < 4.78 is 5.97. The first-order valence-corrected chi connectivity index (χ1v) is 12.4. The molecule has 0 radical (unpaired) electrons. The SMILES string of the molecule is CCc1ccc(OCc2ccccc2C(=O)Nc2ccc3nc(C)c(-c4ccccc4)c(N)c3c2)cc1. The lowest BCUT2D eigenvalue weighted by molar-refractivity contribution is 0.102. The molecule has 0 aliphatic carbocycles. The molecule has 1 aromatic heterocycles. The fourth-order valence-electron chi connectivity index (χ4n) is 4.51. The van der Waals surface area contributed by atoms with Crippen molar-refractivity contribution in [3.05, 3.63) is 119 Å². The normalized spacial score (nSPS) is 10.9. The molecule has 0 unspecified atom stereocenters. The molecule has 0 bridgehead atoms. The van der Waals surface area contributed by atoms with E-state index >= 15 is 0 Å². The Morgan fingerprint density at radius 3 is 2.41 bits per heavy atom. The van der Waals surface area contributed by atoms with Crippen molar-refractivity contribution in [1.29, 1.82) is 0 Å². The van der Waals surface area contributed by atoms with Gasteiger partial charge in [-0.25, -0.2) is 0 Å². The molecule has 5 rings (SSSR count). The topological polar surface area (TPSA) is 77.2 Å². The van der Waals surface area contributed by atoms with Crippen LogP contribution in [-0.4, -0.2) is 10.9 Å². The molecular formula is C32H29N3O2. The van der Waals surface area contributed by atoms with E-state index in [1.54, 1.807) is 0 Å². The molecule has 1 amide bonds. The van der Waals surface area contributed by atoms with E-state index in [4.69, 9.17) is 15.5 Å². The number of nitrogens with one attached hydrogen (secondary N) is 1. The third kappa shape index (κ3) is 5.16. The number of hydrogen-bond acceptors (Lipinski definition) is 4. The van der Waals surface area contributed by atoms with Crippen molar-refractivity contribution in [3.63, 3.8) is 0 Å². The van der Waals surface area contributed by atoms with Gasteiger partial charge in [0.05, 0.1) is 11.2 Å². The Bertz CT molecular complexity index is 1560. The van der Waals surface area contributed by atoms with E-state index < -0.39 is 0 Å². The second-order valence-electron chi connectivity index (χ2n) is 8.98. The minimum absolute atomic E-state index is 0.207. The van der Waals surface area contributed by atoms with Crippen molar-refractivity contribution >= 4 is 28.2 Å². The van der Waals surface area contributed by atoms with Crippen LogP contribution in [0.5, 0.6) is 5.75 Å². The highest BCUT2D eigenvalue weighted by Gasteiger charge is 2.15. The smallest absolute Gasteiger partial charge is 0.256 e. The van der Waals surface area contributed by atoms with Gasteiger partial charge in [0, 0.05) is 33.5 Å². The van der Waals surface area contributed by atoms with Crippen LogP contribution in [0.25, 0.3) is 22.0 Å². The van der Waals surface area contributed by atoms with Gasteiger partial charge in [-0.2, -0.15) is 0 Å². The Morgan fingerprint density at radius 2 is 1.65 bits per heavy atom. The summed E-state index contributed by atoms with van der Waals surface area (Å²) in [5.74, 6) is 0.566. The van der Waals surface area contributed by atoms with Crippen molar-refractivity contribution in [2.24, 2.45) is 0 Å². The van der Waals surface area contributed by atoms with Crippen LogP contribution >= 0.6 is 0 Å². The van der Waals surface area contributed by atoms with Crippen LogP contribution in [0, 0.1) is 6.92 Å². The second-order valence-corrected chi connectivity index (χ2v) is 8.98. The van der Waals surface area contributed by atoms with Crippen molar-refractivity contribution in [3.8, 4) is 16.9 Å². The quantitative estimate of drug-likeness (QED) is 0.255. The maximum atomic E-state index is 13.3. The third-order valence-corrected chi connectivity index (χ3v) is 6.51. The second kappa shape index (κ2) is 10.5. The molecule has 0 spiro atoms. The van der Waals surface area contributed by atoms with E-state index in [1.807, 2.05) is 91.9 Å². The van der Waals surface area contributed by atoms with Gasteiger partial charge in [-0.05, 0) is 60.9 Å². The number of ether oxygens (including phenoxy) is 1. The molecule has 0 atom stereocenters. The number of benzene rings is 4. The number of nitrogen functional groups attached to an aromatic ring is 1. The first-order valence-electron chi connectivity index (χ1n) is 12.4. The summed E-state index contributed by atoms with van der Waals surface area (Å²) in [6, 6.07) is 31.1. The van der Waals surface area contributed by atoms with E-state index in [-0.39, 0.29) is 5.91 Å². The molecule has 5 heteroatoms. The molecule has 0 aliphatic rings. The number of pyridine rings is 1. The molecule has 5 aromatic rings. The number of aryl methyl sites for hydroxylation is 2. The predicted octanol–water partition coefficient (Wildman–Crippen LogP) is 7.19. The largest absolute Gasteiger partial charge is 0.489 e. The zero-order valence-electron chi connectivity index (χ0n) is 21.0. The zero-order chi connectivity index (χ0) is 25.8. The van der Waals surface area contributed by atoms with Crippen LogP contribution in [0.3, 0.4) is 0 Å².